The molecule has 0 aliphatic heterocycles. The van der Waals surface area contributed by atoms with E-state index in [-0.39, 0.29) is 12.1 Å². The standard InChI is InChI=1S/C12H13N3O4/c1-14-10-7-8(15(18)19)5-6-9(10)13-11(14)3-2-4-12(16)17/h5-7H,2-4H2,1H3,(H,16,17). The molecule has 0 aliphatic carbocycles. The highest BCUT2D eigenvalue weighted by Gasteiger charge is 2.12. The predicted molar refractivity (Wildman–Crippen MR) is 67.9 cm³/mol. The monoisotopic (exact) mass is 263 g/mol. The number of rotatable bonds is 5. The van der Waals surface area contributed by atoms with E-state index in [0.717, 1.165) is 5.82 Å². The largest absolute Gasteiger partial charge is 0.481 e. The van der Waals surface area contributed by atoms with Gasteiger partial charge in [-0.05, 0) is 12.5 Å². The molecular weight excluding hydrogens is 250 g/mol. The van der Waals surface area contributed by atoms with Gasteiger partial charge in [-0.15, -0.1) is 0 Å². The average Bonchev–Trinajstić information content (AvgIpc) is 2.66. The molecule has 0 radical (unpaired) electrons. The molecule has 7 heteroatoms. The zero-order valence-corrected chi connectivity index (χ0v) is 10.4. The molecule has 1 aromatic carbocycles. The Hall–Kier alpha value is -2.44. The van der Waals surface area contributed by atoms with Gasteiger partial charge < -0.3 is 9.67 Å². The molecule has 2 rings (SSSR count). The highest BCUT2D eigenvalue weighted by atomic mass is 16.6. The number of carbonyl (C=O) groups is 1. The van der Waals surface area contributed by atoms with Crippen molar-refractivity contribution in [3.8, 4) is 0 Å². The Labute approximate surface area is 108 Å². The first kappa shape index (κ1) is 13.0. The van der Waals surface area contributed by atoms with Crippen molar-refractivity contribution in [2.24, 2.45) is 7.05 Å². The van der Waals surface area contributed by atoms with Crippen LogP contribution < -0.4 is 0 Å². The van der Waals surface area contributed by atoms with Crippen LogP contribution in [0.4, 0.5) is 5.69 Å². The number of hydrogen-bond donors (Lipinski definition) is 1. The van der Waals surface area contributed by atoms with Gasteiger partial charge in [-0.2, -0.15) is 0 Å². The van der Waals surface area contributed by atoms with E-state index in [2.05, 4.69) is 4.98 Å². The van der Waals surface area contributed by atoms with Gasteiger partial charge in [0.2, 0.25) is 0 Å². The van der Waals surface area contributed by atoms with Crippen LogP contribution >= 0.6 is 0 Å². The van der Waals surface area contributed by atoms with Crippen LogP contribution in [0.5, 0.6) is 0 Å². The summed E-state index contributed by atoms with van der Waals surface area (Å²) in [7, 11) is 1.77. The fourth-order valence-corrected chi connectivity index (χ4v) is 1.96. The number of hydrogen-bond acceptors (Lipinski definition) is 4. The van der Waals surface area contributed by atoms with Crippen LogP contribution in [-0.4, -0.2) is 25.6 Å². The number of nitro benzene ring substituents is 1. The molecule has 0 spiro atoms. The number of imidazole rings is 1. The summed E-state index contributed by atoms with van der Waals surface area (Å²) in [4.78, 5) is 25.1. The quantitative estimate of drug-likeness (QED) is 0.656. The SMILES string of the molecule is Cn1c(CCCC(=O)O)nc2ccc([N+](=O)[O-])cc21. The smallest absolute Gasteiger partial charge is 0.303 e. The zero-order valence-electron chi connectivity index (χ0n) is 10.4. The first-order valence-corrected chi connectivity index (χ1v) is 5.80. The third-order valence-corrected chi connectivity index (χ3v) is 2.96. The van der Waals surface area contributed by atoms with Gasteiger partial charge in [0.15, 0.2) is 0 Å². The van der Waals surface area contributed by atoms with Crippen LogP contribution in [0.3, 0.4) is 0 Å². The maximum Gasteiger partial charge on any atom is 0.303 e. The first-order valence-electron chi connectivity index (χ1n) is 5.80. The molecule has 1 N–H and O–H groups in total. The van der Waals surface area contributed by atoms with E-state index in [1.54, 1.807) is 17.7 Å². The lowest BCUT2D eigenvalue weighted by molar-refractivity contribution is -0.384. The summed E-state index contributed by atoms with van der Waals surface area (Å²) in [5.41, 5.74) is 1.38. The molecule has 0 saturated heterocycles. The van der Waals surface area contributed by atoms with Gasteiger partial charge in [-0.1, -0.05) is 0 Å². The third kappa shape index (κ3) is 2.70. The second-order valence-corrected chi connectivity index (χ2v) is 4.26. The number of fused-ring (bicyclic) bond motifs is 1. The molecular formula is C12H13N3O4. The van der Waals surface area contributed by atoms with Crippen molar-refractivity contribution in [2.75, 3.05) is 0 Å². The van der Waals surface area contributed by atoms with Crippen molar-refractivity contribution in [1.82, 2.24) is 9.55 Å². The fraction of sp³-hybridized carbons (Fsp3) is 0.333. The van der Waals surface area contributed by atoms with Crippen molar-refractivity contribution in [1.29, 1.82) is 0 Å². The molecule has 1 heterocycles. The lowest BCUT2D eigenvalue weighted by atomic mass is 10.2. The lowest BCUT2D eigenvalue weighted by Crippen LogP contribution is -2.01. The molecule has 0 unspecified atom stereocenters. The summed E-state index contributed by atoms with van der Waals surface area (Å²) in [6.45, 7) is 0. The second kappa shape index (κ2) is 5.05. The van der Waals surface area contributed by atoms with Crippen molar-refractivity contribution in [3.05, 3.63) is 34.1 Å². The number of aromatic nitrogens is 2. The number of nitro groups is 1. The molecule has 0 aliphatic rings. The Morgan fingerprint density at radius 1 is 1.53 bits per heavy atom. The van der Waals surface area contributed by atoms with E-state index in [4.69, 9.17) is 5.11 Å². The number of nitrogens with zero attached hydrogens (tertiary/aromatic N) is 3. The highest BCUT2D eigenvalue weighted by molar-refractivity contribution is 5.78. The predicted octanol–water partition coefficient (Wildman–Crippen LogP) is 1.89. The van der Waals surface area contributed by atoms with Crippen LogP contribution in [0.2, 0.25) is 0 Å². The molecule has 0 saturated carbocycles. The van der Waals surface area contributed by atoms with Crippen LogP contribution in [-0.2, 0) is 18.3 Å². The summed E-state index contributed by atoms with van der Waals surface area (Å²) in [6, 6.07) is 4.49. The normalized spacial score (nSPS) is 10.8. The molecule has 0 fully saturated rings. The minimum atomic E-state index is -0.839. The average molecular weight is 263 g/mol. The molecule has 100 valence electrons. The molecule has 0 atom stereocenters. The summed E-state index contributed by atoms with van der Waals surface area (Å²) < 4.78 is 1.77. The van der Waals surface area contributed by atoms with Gasteiger partial charge in [0.25, 0.3) is 5.69 Å². The molecule has 1 aromatic heterocycles. The number of carboxylic acids is 1. The second-order valence-electron chi connectivity index (χ2n) is 4.26. The van der Waals surface area contributed by atoms with Gasteiger partial charge in [-0.25, -0.2) is 4.98 Å². The number of non-ortho nitro benzene ring substituents is 1. The Bertz CT molecular complexity index is 648. The Kier molecular flexibility index (Phi) is 3.46. The summed E-state index contributed by atoms with van der Waals surface area (Å²) in [5, 5.41) is 19.3. The number of aryl methyl sites for hydroxylation is 2. The molecule has 19 heavy (non-hydrogen) atoms. The third-order valence-electron chi connectivity index (χ3n) is 2.96. The number of benzene rings is 1. The van der Waals surface area contributed by atoms with Gasteiger partial charge >= 0.3 is 5.97 Å². The Morgan fingerprint density at radius 2 is 2.26 bits per heavy atom. The number of carboxylic acid groups (broad SMARTS) is 1. The van der Waals surface area contributed by atoms with Crippen molar-refractivity contribution >= 4 is 22.7 Å². The van der Waals surface area contributed by atoms with E-state index < -0.39 is 10.9 Å². The summed E-state index contributed by atoms with van der Waals surface area (Å²) in [5.74, 6) is -0.105. The van der Waals surface area contributed by atoms with E-state index in [1.807, 2.05) is 0 Å². The van der Waals surface area contributed by atoms with Gasteiger partial charge in [0.1, 0.15) is 5.82 Å². The maximum absolute atomic E-state index is 10.7. The zero-order chi connectivity index (χ0) is 14.0. The molecule has 0 amide bonds. The summed E-state index contributed by atoms with van der Waals surface area (Å²) >= 11 is 0. The molecule has 2 aromatic rings. The highest BCUT2D eigenvalue weighted by Crippen LogP contribution is 2.21. The minimum Gasteiger partial charge on any atom is -0.481 e. The van der Waals surface area contributed by atoms with E-state index in [1.165, 1.54) is 12.1 Å². The van der Waals surface area contributed by atoms with Gasteiger partial charge in [0, 0.05) is 32.0 Å². The lowest BCUT2D eigenvalue weighted by Gasteiger charge is -2.00. The molecule has 0 bridgehead atoms. The van der Waals surface area contributed by atoms with Crippen LogP contribution in [0.15, 0.2) is 18.2 Å². The Morgan fingerprint density at radius 3 is 2.89 bits per heavy atom. The topological polar surface area (TPSA) is 98.3 Å². The minimum absolute atomic E-state index is 0.0209. The Balaban J connectivity index is 2.29. The molecule has 7 nitrogen and oxygen atoms in total. The van der Waals surface area contributed by atoms with Crippen LogP contribution in [0, 0.1) is 10.1 Å². The van der Waals surface area contributed by atoms with Crippen molar-refractivity contribution in [2.45, 2.75) is 19.3 Å². The van der Waals surface area contributed by atoms with E-state index in [0.29, 0.717) is 23.9 Å². The van der Waals surface area contributed by atoms with Crippen molar-refractivity contribution in [3.63, 3.8) is 0 Å². The van der Waals surface area contributed by atoms with Gasteiger partial charge in [-0.3, -0.25) is 14.9 Å². The van der Waals surface area contributed by atoms with Crippen molar-refractivity contribution < 1.29 is 14.8 Å². The first-order chi connectivity index (χ1) is 8.99. The van der Waals surface area contributed by atoms with E-state index >= 15 is 0 Å². The maximum atomic E-state index is 10.7. The summed E-state index contributed by atoms with van der Waals surface area (Å²) in [6.07, 6.45) is 1.11. The van der Waals surface area contributed by atoms with Crippen LogP contribution in [0.1, 0.15) is 18.7 Å². The number of aliphatic carboxylic acids is 1. The van der Waals surface area contributed by atoms with E-state index in [9.17, 15) is 14.9 Å². The van der Waals surface area contributed by atoms with Gasteiger partial charge in [0.05, 0.1) is 16.0 Å². The van der Waals surface area contributed by atoms with Crippen LogP contribution in [0.25, 0.3) is 11.0 Å². The fourth-order valence-electron chi connectivity index (χ4n) is 1.96.